The molecule has 6 nitrogen and oxygen atoms in total. The van der Waals surface area contributed by atoms with Gasteiger partial charge in [-0.05, 0) is 41.3 Å². The molecule has 0 amide bonds. The van der Waals surface area contributed by atoms with Crippen LogP contribution in [0.15, 0.2) is 47.4 Å². The summed E-state index contributed by atoms with van der Waals surface area (Å²) < 4.78 is 11.4. The number of rotatable bonds is 3. The number of thioether (sulfide) groups is 1. The lowest BCUT2D eigenvalue weighted by Gasteiger charge is -2.30. The molecule has 1 atom stereocenters. The molecule has 1 aromatic heterocycles. The van der Waals surface area contributed by atoms with Crippen molar-refractivity contribution in [1.29, 1.82) is 5.26 Å². The summed E-state index contributed by atoms with van der Waals surface area (Å²) in [6.45, 7) is 6.47. The number of anilines is 2. The Labute approximate surface area is 186 Å². The van der Waals surface area contributed by atoms with Crippen molar-refractivity contribution in [1.82, 2.24) is 4.98 Å². The van der Waals surface area contributed by atoms with E-state index in [0.29, 0.717) is 17.1 Å². The highest BCUT2D eigenvalue weighted by Gasteiger charge is 2.34. The number of nitrogen functional groups attached to an aromatic ring is 2. The second-order valence-electron chi connectivity index (χ2n) is 8.39. The van der Waals surface area contributed by atoms with Crippen molar-refractivity contribution in [2.75, 3.05) is 18.6 Å². The molecule has 4 N–H and O–H groups in total. The number of nitrogens with zero attached hydrogens (tertiary/aromatic N) is 2. The number of hydrogen-bond donors (Lipinski definition) is 2. The maximum atomic E-state index is 9.54. The Kier molecular flexibility index (Phi) is 5.19. The summed E-state index contributed by atoms with van der Waals surface area (Å²) in [5.41, 5.74) is 15.6. The van der Waals surface area contributed by atoms with Crippen LogP contribution in [0.25, 0.3) is 0 Å². The summed E-state index contributed by atoms with van der Waals surface area (Å²) >= 11 is 1.62. The molecule has 31 heavy (non-hydrogen) atoms. The Morgan fingerprint density at radius 3 is 2.45 bits per heavy atom. The molecule has 158 valence electrons. The zero-order valence-corrected chi connectivity index (χ0v) is 18.7. The number of ether oxygens (including phenoxy) is 2. The molecule has 0 fully saturated rings. The molecule has 4 rings (SSSR count). The molecule has 1 aliphatic heterocycles. The van der Waals surface area contributed by atoms with E-state index in [4.69, 9.17) is 20.9 Å². The molecule has 1 unspecified atom stereocenters. The minimum absolute atomic E-state index is 0.0343. The Bertz CT molecular complexity index is 1190. The smallest absolute Gasteiger partial charge is 0.228 e. The third-order valence-electron chi connectivity index (χ3n) is 5.32. The number of nitrogens with two attached hydrogens (primary N) is 2. The van der Waals surface area contributed by atoms with Crippen LogP contribution in [0.5, 0.6) is 17.4 Å². The highest BCUT2D eigenvalue weighted by molar-refractivity contribution is 7.99. The molecule has 2 heterocycles. The maximum Gasteiger partial charge on any atom is 0.228 e. The summed E-state index contributed by atoms with van der Waals surface area (Å²) in [6.07, 6.45) is 0. The third-order valence-corrected chi connectivity index (χ3v) is 6.59. The zero-order valence-electron chi connectivity index (χ0n) is 17.9. The van der Waals surface area contributed by atoms with Crippen LogP contribution < -0.4 is 20.9 Å². The number of pyridine rings is 1. The Morgan fingerprint density at radius 1 is 1.13 bits per heavy atom. The molecule has 2 aromatic carbocycles. The van der Waals surface area contributed by atoms with Gasteiger partial charge in [-0.1, -0.05) is 32.9 Å². The number of hydrogen-bond acceptors (Lipinski definition) is 7. The van der Waals surface area contributed by atoms with E-state index in [0.717, 1.165) is 27.5 Å². The molecule has 0 radical (unpaired) electrons. The van der Waals surface area contributed by atoms with Gasteiger partial charge < -0.3 is 20.9 Å². The summed E-state index contributed by atoms with van der Waals surface area (Å²) in [6, 6.07) is 16.1. The summed E-state index contributed by atoms with van der Waals surface area (Å²) in [4.78, 5) is 5.40. The van der Waals surface area contributed by atoms with Gasteiger partial charge in [-0.2, -0.15) is 10.2 Å². The highest BCUT2D eigenvalue weighted by Crippen LogP contribution is 2.54. The van der Waals surface area contributed by atoms with Gasteiger partial charge in [0.2, 0.25) is 5.88 Å². The van der Waals surface area contributed by atoms with Gasteiger partial charge in [-0.25, -0.2) is 0 Å². The van der Waals surface area contributed by atoms with Crippen molar-refractivity contribution in [3.05, 3.63) is 64.7 Å². The first kappa shape index (κ1) is 20.9. The van der Waals surface area contributed by atoms with Crippen molar-refractivity contribution in [2.45, 2.75) is 36.3 Å². The van der Waals surface area contributed by atoms with E-state index in [-0.39, 0.29) is 22.0 Å². The van der Waals surface area contributed by atoms with Crippen LogP contribution >= 0.6 is 11.8 Å². The SMILES string of the molecule is COc1ccc(SC2c3ccc(C(C)(C)C)cc3Oc3nc(N)c(C#N)c(N)c32)cc1. The zero-order chi connectivity index (χ0) is 22.3. The van der Waals surface area contributed by atoms with Gasteiger partial charge in [0.1, 0.15) is 28.9 Å². The monoisotopic (exact) mass is 432 g/mol. The fraction of sp³-hybridized carbons (Fsp3) is 0.250. The third kappa shape index (κ3) is 3.75. The van der Waals surface area contributed by atoms with Crippen LogP contribution in [0.4, 0.5) is 11.5 Å². The lowest BCUT2D eigenvalue weighted by atomic mass is 9.85. The molecule has 0 aliphatic carbocycles. The lowest BCUT2D eigenvalue weighted by Crippen LogP contribution is -2.17. The van der Waals surface area contributed by atoms with Gasteiger partial charge >= 0.3 is 0 Å². The normalized spacial score (nSPS) is 14.7. The largest absolute Gasteiger partial charge is 0.497 e. The number of aromatic nitrogens is 1. The molecule has 7 heteroatoms. The first-order valence-electron chi connectivity index (χ1n) is 9.85. The van der Waals surface area contributed by atoms with Crippen molar-refractivity contribution in [3.8, 4) is 23.4 Å². The van der Waals surface area contributed by atoms with E-state index < -0.39 is 0 Å². The van der Waals surface area contributed by atoms with E-state index in [2.05, 4.69) is 44.0 Å². The summed E-state index contributed by atoms with van der Waals surface area (Å²) in [5.74, 6) is 1.93. The molecule has 0 spiro atoms. The fourth-order valence-electron chi connectivity index (χ4n) is 3.54. The van der Waals surface area contributed by atoms with E-state index in [9.17, 15) is 5.26 Å². The van der Waals surface area contributed by atoms with E-state index in [1.54, 1.807) is 18.9 Å². The molecule has 1 aliphatic rings. The molecule has 3 aromatic rings. The average molecular weight is 433 g/mol. The Morgan fingerprint density at radius 2 is 1.84 bits per heavy atom. The Hall–Kier alpha value is -3.37. The number of methoxy groups -OCH3 is 1. The second-order valence-corrected chi connectivity index (χ2v) is 9.57. The number of benzene rings is 2. The second kappa shape index (κ2) is 7.71. The topological polar surface area (TPSA) is 107 Å². The van der Waals surface area contributed by atoms with Crippen LogP contribution in [0.1, 0.15) is 48.3 Å². The first-order chi connectivity index (χ1) is 14.7. The van der Waals surface area contributed by atoms with Crippen molar-refractivity contribution < 1.29 is 9.47 Å². The van der Waals surface area contributed by atoms with Crippen LogP contribution in [0, 0.1) is 11.3 Å². The quantitative estimate of drug-likeness (QED) is 0.569. The van der Waals surface area contributed by atoms with Crippen molar-refractivity contribution in [3.63, 3.8) is 0 Å². The minimum Gasteiger partial charge on any atom is -0.497 e. The first-order valence-corrected chi connectivity index (χ1v) is 10.7. The molecule has 0 saturated heterocycles. The van der Waals surface area contributed by atoms with Crippen LogP contribution in [-0.2, 0) is 5.41 Å². The van der Waals surface area contributed by atoms with Gasteiger partial charge in [-0.15, -0.1) is 11.8 Å². The molecular weight excluding hydrogens is 408 g/mol. The lowest BCUT2D eigenvalue weighted by molar-refractivity contribution is 0.414. The Balaban J connectivity index is 1.88. The van der Waals surface area contributed by atoms with Gasteiger partial charge in [0.05, 0.1) is 23.6 Å². The van der Waals surface area contributed by atoms with E-state index in [1.807, 2.05) is 30.3 Å². The van der Waals surface area contributed by atoms with Gasteiger partial charge in [0.15, 0.2) is 0 Å². The highest BCUT2D eigenvalue weighted by atomic mass is 32.2. The van der Waals surface area contributed by atoms with Crippen molar-refractivity contribution in [2.24, 2.45) is 0 Å². The summed E-state index contributed by atoms with van der Waals surface area (Å²) in [7, 11) is 1.64. The number of fused-ring (bicyclic) bond motifs is 2. The predicted octanol–water partition coefficient (Wildman–Crippen LogP) is 5.41. The summed E-state index contributed by atoms with van der Waals surface area (Å²) in [5, 5.41) is 9.34. The van der Waals surface area contributed by atoms with Crippen LogP contribution in [0.3, 0.4) is 0 Å². The predicted molar refractivity (Wildman–Crippen MR) is 124 cm³/mol. The minimum atomic E-state index is -0.207. The fourth-order valence-corrected chi connectivity index (χ4v) is 4.77. The molecule has 0 saturated carbocycles. The van der Waals surface area contributed by atoms with Gasteiger partial charge in [0.25, 0.3) is 0 Å². The van der Waals surface area contributed by atoms with Gasteiger partial charge in [-0.3, -0.25) is 0 Å². The van der Waals surface area contributed by atoms with Crippen LogP contribution in [-0.4, -0.2) is 12.1 Å². The van der Waals surface area contributed by atoms with Crippen LogP contribution in [0.2, 0.25) is 0 Å². The standard InChI is InChI=1S/C24H24N4O2S/c1-24(2,3)13-5-10-16-18(11-13)30-23-19(20(26)17(12-25)22(27)28-23)21(16)31-15-8-6-14(29-4)7-9-15/h5-11,21H,1-4H3,(H4,26,27,28). The van der Waals surface area contributed by atoms with E-state index >= 15 is 0 Å². The molecular formula is C24H24N4O2S. The average Bonchev–Trinajstić information content (AvgIpc) is 2.73. The van der Waals surface area contributed by atoms with E-state index in [1.165, 1.54) is 0 Å². The molecule has 0 bridgehead atoms. The van der Waals surface area contributed by atoms with Crippen molar-refractivity contribution >= 4 is 23.3 Å². The van der Waals surface area contributed by atoms with Gasteiger partial charge in [0, 0.05) is 10.5 Å². The number of nitriles is 1. The maximum absolute atomic E-state index is 9.54.